The number of carbonyl (C=O) groups is 1. The molecule has 0 aliphatic rings. The van der Waals surface area contributed by atoms with Crippen LogP contribution < -0.4 is 0 Å². The standard InChI is InChI=1S/C42H81NO2/c1-6-8-10-12-13-14-15-16-17-18-19-20-21-22-27-31-36-41(45-42(44)38-33-39-43(4)5)37-32-28-24-23-26-30-35-40(3)34-29-25-11-9-7-2/h13-14,16-17,40-41H,6-12,15,18-39H2,1-5H3/b14-13-,17-16-. The summed E-state index contributed by atoms with van der Waals surface area (Å²) in [5, 5.41) is 0. The fraction of sp³-hybridized carbons (Fsp3) is 0.881. The Kier molecular flexibility index (Phi) is 34.9. The monoisotopic (exact) mass is 632 g/mol. The summed E-state index contributed by atoms with van der Waals surface area (Å²) in [7, 11) is 4.13. The van der Waals surface area contributed by atoms with Crippen LogP contribution in [0, 0.1) is 5.92 Å². The van der Waals surface area contributed by atoms with E-state index in [1.54, 1.807) is 0 Å². The summed E-state index contributed by atoms with van der Waals surface area (Å²) >= 11 is 0. The average Bonchev–Trinajstić information content (AvgIpc) is 3.01. The molecule has 0 fully saturated rings. The van der Waals surface area contributed by atoms with Crippen molar-refractivity contribution in [2.24, 2.45) is 5.92 Å². The van der Waals surface area contributed by atoms with E-state index in [1.165, 1.54) is 154 Å². The molecule has 3 nitrogen and oxygen atoms in total. The van der Waals surface area contributed by atoms with E-state index in [1.807, 2.05) is 0 Å². The van der Waals surface area contributed by atoms with Crippen molar-refractivity contribution in [1.29, 1.82) is 0 Å². The third-order valence-electron chi connectivity index (χ3n) is 9.28. The Balaban J connectivity index is 4.03. The molecule has 0 spiro atoms. The highest BCUT2D eigenvalue weighted by Gasteiger charge is 2.14. The molecular weight excluding hydrogens is 550 g/mol. The molecule has 0 aliphatic heterocycles. The van der Waals surface area contributed by atoms with Crippen LogP contribution in [-0.2, 0) is 9.53 Å². The van der Waals surface area contributed by atoms with E-state index in [4.69, 9.17) is 4.74 Å². The van der Waals surface area contributed by atoms with Crippen LogP contribution in [-0.4, -0.2) is 37.6 Å². The molecule has 0 aromatic carbocycles. The van der Waals surface area contributed by atoms with Crippen LogP contribution in [0.15, 0.2) is 24.3 Å². The van der Waals surface area contributed by atoms with E-state index in [9.17, 15) is 4.79 Å². The van der Waals surface area contributed by atoms with Crippen molar-refractivity contribution in [3.8, 4) is 0 Å². The summed E-state index contributed by atoms with van der Waals surface area (Å²) in [6, 6.07) is 0. The van der Waals surface area contributed by atoms with Gasteiger partial charge in [0.2, 0.25) is 0 Å². The number of esters is 1. The molecule has 0 amide bonds. The quantitative estimate of drug-likeness (QED) is 0.0396. The largest absolute Gasteiger partial charge is 0.462 e. The van der Waals surface area contributed by atoms with Crippen LogP contribution in [0.2, 0.25) is 0 Å². The van der Waals surface area contributed by atoms with E-state index in [0.717, 1.165) is 38.1 Å². The molecule has 0 N–H and O–H groups in total. The molecule has 0 bridgehead atoms. The summed E-state index contributed by atoms with van der Waals surface area (Å²) in [5.41, 5.74) is 0. The second-order valence-corrected chi connectivity index (χ2v) is 14.4. The molecule has 45 heavy (non-hydrogen) atoms. The predicted octanol–water partition coefficient (Wildman–Crippen LogP) is 13.6. The molecule has 0 saturated heterocycles. The summed E-state index contributed by atoms with van der Waals surface area (Å²) in [4.78, 5) is 14.7. The van der Waals surface area contributed by atoms with Gasteiger partial charge in [0.1, 0.15) is 6.10 Å². The van der Waals surface area contributed by atoms with Crippen LogP contribution in [0.1, 0.15) is 207 Å². The third kappa shape index (κ3) is 35.6. The number of hydrogen-bond acceptors (Lipinski definition) is 3. The van der Waals surface area contributed by atoms with Gasteiger partial charge in [-0.3, -0.25) is 4.79 Å². The number of unbranched alkanes of at least 4 members (excludes halogenated alkanes) is 18. The predicted molar refractivity (Wildman–Crippen MR) is 201 cm³/mol. The first-order valence-corrected chi connectivity index (χ1v) is 20.1. The smallest absolute Gasteiger partial charge is 0.306 e. The van der Waals surface area contributed by atoms with E-state index in [-0.39, 0.29) is 12.1 Å². The van der Waals surface area contributed by atoms with Gasteiger partial charge in [-0.2, -0.15) is 0 Å². The maximum absolute atomic E-state index is 12.5. The summed E-state index contributed by atoms with van der Waals surface area (Å²) in [6.07, 6.45) is 46.1. The number of allylic oxidation sites excluding steroid dienone is 4. The molecule has 0 heterocycles. The first-order chi connectivity index (χ1) is 22.0. The minimum absolute atomic E-state index is 0.0152. The first-order valence-electron chi connectivity index (χ1n) is 20.1. The van der Waals surface area contributed by atoms with Gasteiger partial charge in [-0.1, -0.05) is 161 Å². The molecule has 3 heteroatoms. The van der Waals surface area contributed by atoms with Crippen LogP contribution >= 0.6 is 0 Å². The Morgan fingerprint density at radius 3 is 1.49 bits per heavy atom. The van der Waals surface area contributed by atoms with Gasteiger partial charge < -0.3 is 9.64 Å². The molecule has 0 saturated carbocycles. The molecule has 0 aromatic heterocycles. The first kappa shape index (κ1) is 43.9. The van der Waals surface area contributed by atoms with Crippen LogP contribution in [0.25, 0.3) is 0 Å². The Labute approximate surface area is 283 Å². The summed E-state index contributed by atoms with van der Waals surface area (Å²) < 4.78 is 6.01. The Bertz CT molecular complexity index is 655. The number of carbonyl (C=O) groups excluding carboxylic acids is 1. The number of ether oxygens (including phenoxy) is 1. The highest BCUT2D eigenvalue weighted by Crippen LogP contribution is 2.20. The molecule has 2 atom stereocenters. The van der Waals surface area contributed by atoms with Gasteiger partial charge in [-0.05, 0) is 90.8 Å². The zero-order valence-corrected chi connectivity index (χ0v) is 31.4. The van der Waals surface area contributed by atoms with Gasteiger partial charge >= 0.3 is 5.97 Å². The number of rotatable bonds is 35. The lowest BCUT2D eigenvalue weighted by Gasteiger charge is -2.18. The zero-order chi connectivity index (χ0) is 33.1. The van der Waals surface area contributed by atoms with Crippen molar-refractivity contribution in [2.45, 2.75) is 213 Å². The second kappa shape index (κ2) is 35.8. The maximum atomic E-state index is 12.5. The lowest BCUT2D eigenvalue weighted by Crippen LogP contribution is -2.20. The minimum Gasteiger partial charge on any atom is -0.462 e. The molecule has 0 radical (unpaired) electrons. The van der Waals surface area contributed by atoms with Crippen LogP contribution in [0.4, 0.5) is 0 Å². The van der Waals surface area contributed by atoms with E-state index in [2.05, 4.69) is 64.1 Å². The van der Waals surface area contributed by atoms with Crippen molar-refractivity contribution < 1.29 is 9.53 Å². The third-order valence-corrected chi connectivity index (χ3v) is 9.28. The SMILES string of the molecule is CCCCC/C=C\C/C=C\CCCCCCCCC(CCCCCCCCC(C)CCCCCCC)OC(=O)CCCN(C)C. The lowest BCUT2D eigenvalue weighted by atomic mass is 9.96. The molecular formula is C42H81NO2. The Morgan fingerprint density at radius 2 is 0.978 bits per heavy atom. The summed E-state index contributed by atoms with van der Waals surface area (Å²) in [6.45, 7) is 7.96. The normalized spacial score (nSPS) is 13.4. The number of hydrogen-bond donors (Lipinski definition) is 0. The molecule has 0 aliphatic carbocycles. The molecule has 0 rings (SSSR count). The average molecular weight is 632 g/mol. The molecule has 0 aromatic rings. The van der Waals surface area contributed by atoms with Gasteiger partial charge in [-0.15, -0.1) is 0 Å². The highest BCUT2D eigenvalue weighted by atomic mass is 16.5. The fourth-order valence-corrected chi connectivity index (χ4v) is 6.22. The van der Waals surface area contributed by atoms with Crippen molar-refractivity contribution in [3.05, 3.63) is 24.3 Å². The summed E-state index contributed by atoms with van der Waals surface area (Å²) in [5.74, 6) is 0.917. The fourth-order valence-electron chi connectivity index (χ4n) is 6.22. The molecule has 2 unspecified atom stereocenters. The topological polar surface area (TPSA) is 29.5 Å². The number of nitrogens with zero attached hydrogens (tertiary/aromatic N) is 1. The van der Waals surface area contributed by atoms with E-state index in [0.29, 0.717) is 6.42 Å². The van der Waals surface area contributed by atoms with Crippen LogP contribution in [0.3, 0.4) is 0 Å². The van der Waals surface area contributed by atoms with E-state index >= 15 is 0 Å². The van der Waals surface area contributed by atoms with Crippen molar-refractivity contribution in [1.82, 2.24) is 4.90 Å². The lowest BCUT2D eigenvalue weighted by molar-refractivity contribution is -0.150. The van der Waals surface area contributed by atoms with Gasteiger partial charge in [-0.25, -0.2) is 0 Å². The van der Waals surface area contributed by atoms with Gasteiger partial charge in [0.05, 0.1) is 0 Å². The van der Waals surface area contributed by atoms with Crippen LogP contribution in [0.5, 0.6) is 0 Å². The van der Waals surface area contributed by atoms with Gasteiger partial charge in [0.25, 0.3) is 0 Å². The van der Waals surface area contributed by atoms with Crippen molar-refractivity contribution in [2.75, 3.05) is 20.6 Å². The van der Waals surface area contributed by atoms with Crippen molar-refractivity contribution >= 4 is 5.97 Å². The molecule has 266 valence electrons. The maximum Gasteiger partial charge on any atom is 0.306 e. The van der Waals surface area contributed by atoms with Gasteiger partial charge in [0, 0.05) is 6.42 Å². The Morgan fingerprint density at radius 1 is 0.556 bits per heavy atom. The zero-order valence-electron chi connectivity index (χ0n) is 31.4. The second-order valence-electron chi connectivity index (χ2n) is 14.4. The Hall–Kier alpha value is -1.09. The minimum atomic E-state index is 0.0152. The van der Waals surface area contributed by atoms with Gasteiger partial charge in [0.15, 0.2) is 0 Å². The van der Waals surface area contributed by atoms with E-state index < -0.39 is 0 Å². The highest BCUT2D eigenvalue weighted by molar-refractivity contribution is 5.69. The van der Waals surface area contributed by atoms with Crippen molar-refractivity contribution in [3.63, 3.8) is 0 Å².